The second-order valence-electron chi connectivity index (χ2n) is 7.61. The van der Waals surface area contributed by atoms with Gasteiger partial charge in [0.25, 0.3) is 0 Å². The summed E-state index contributed by atoms with van der Waals surface area (Å²) < 4.78 is 55.8. The predicted molar refractivity (Wildman–Crippen MR) is 124 cm³/mol. The van der Waals surface area contributed by atoms with Gasteiger partial charge in [0, 0.05) is 11.8 Å². The van der Waals surface area contributed by atoms with Gasteiger partial charge in [0.05, 0.1) is 28.0 Å². The maximum Gasteiger partial charge on any atom is 0.335 e. The number of hydrogen-bond donors (Lipinski definition) is 3. The highest BCUT2D eigenvalue weighted by Crippen LogP contribution is 2.29. The zero-order valence-electron chi connectivity index (χ0n) is 18.2. The Labute approximate surface area is 197 Å². The molecule has 2 aromatic heterocycles. The highest BCUT2D eigenvalue weighted by Gasteiger charge is 2.27. The number of H-pyrrole nitrogens is 1. The molecule has 4 aromatic rings. The molecule has 0 fully saturated rings. The largest absolute Gasteiger partial charge is 0.478 e. The molecule has 0 spiro atoms. The van der Waals surface area contributed by atoms with Crippen molar-refractivity contribution in [1.29, 1.82) is 0 Å². The standard InChI is InChI=1S/C23H18F2N4O5S/c1-2-9-35(33,34)29-17-8-7-16(24)18(19(17)25)21(30)20-15-10-14(11-26-22(15)28-27-20)12-3-5-13(6-4-12)23(31)32/h3-8,10-11,29H,2,9H2,1H3,(H,31,32)(H,26,27,28). The lowest BCUT2D eigenvalue weighted by Gasteiger charge is -2.11. The molecule has 4 rings (SSSR count). The van der Waals surface area contributed by atoms with Gasteiger partial charge in [0.1, 0.15) is 11.5 Å². The molecule has 35 heavy (non-hydrogen) atoms. The SMILES string of the molecule is CCCS(=O)(=O)Nc1ccc(F)c(C(=O)c2n[nH]c3ncc(-c4ccc(C(=O)O)cc4)cc23)c1F. The van der Waals surface area contributed by atoms with Crippen LogP contribution in [0.1, 0.15) is 39.8 Å². The van der Waals surface area contributed by atoms with E-state index in [0.717, 1.165) is 12.1 Å². The number of fused-ring (bicyclic) bond motifs is 1. The average Bonchev–Trinajstić information content (AvgIpc) is 3.24. The van der Waals surface area contributed by atoms with Crippen molar-refractivity contribution in [2.24, 2.45) is 0 Å². The van der Waals surface area contributed by atoms with Gasteiger partial charge in [0.2, 0.25) is 15.8 Å². The van der Waals surface area contributed by atoms with Crippen LogP contribution >= 0.6 is 0 Å². The van der Waals surface area contributed by atoms with Crippen molar-refractivity contribution in [3.8, 4) is 11.1 Å². The van der Waals surface area contributed by atoms with E-state index in [1.807, 2.05) is 4.72 Å². The van der Waals surface area contributed by atoms with Crippen molar-refractivity contribution >= 4 is 38.5 Å². The Hall–Kier alpha value is -4.19. The molecular weight excluding hydrogens is 482 g/mol. The zero-order valence-corrected chi connectivity index (χ0v) is 19.0. The number of benzene rings is 2. The zero-order chi connectivity index (χ0) is 25.3. The van der Waals surface area contributed by atoms with Gasteiger partial charge < -0.3 is 5.11 Å². The molecule has 180 valence electrons. The lowest BCUT2D eigenvalue weighted by Crippen LogP contribution is -2.18. The summed E-state index contributed by atoms with van der Waals surface area (Å²) in [5.74, 6) is -5.02. The van der Waals surface area contributed by atoms with Gasteiger partial charge in [-0.05, 0) is 42.3 Å². The lowest BCUT2D eigenvalue weighted by atomic mass is 10.0. The Balaban J connectivity index is 1.76. The average molecular weight is 500 g/mol. The van der Waals surface area contributed by atoms with E-state index < -0.39 is 44.7 Å². The van der Waals surface area contributed by atoms with Crippen LogP contribution in [0.3, 0.4) is 0 Å². The third-order valence-electron chi connectivity index (χ3n) is 5.15. The van der Waals surface area contributed by atoms with Crippen molar-refractivity contribution in [2.75, 3.05) is 10.5 Å². The molecule has 0 saturated carbocycles. The number of sulfonamides is 1. The van der Waals surface area contributed by atoms with Crippen LogP contribution in [0.5, 0.6) is 0 Å². The Bertz CT molecular complexity index is 1570. The molecule has 0 radical (unpaired) electrons. The number of carboxylic acid groups (broad SMARTS) is 1. The topological polar surface area (TPSA) is 142 Å². The number of nitrogens with zero attached hydrogens (tertiary/aromatic N) is 2. The van der Waals surface area contributed by atoms with Crippen LogP contribution in [0.2, 0.25) is 0 Å². The van der Waals surface area contributed by atoms with Crippen molar-refractivity contribution in [3.63, 3.8) is 0 Å². The quantitative estimate of drug-likeness (QED) is 0.311. The number of ketones is 1. The first-order valence-electron chi connectivity index (χ1n) is 10.3. The predicted octanol–water partition coefficient (Wildman–Crippen LogP) is 3.98. The number of hydrogen-bond acceptors (Lipinski definition) is 6. The van der Waals surface area contributed by atoms with Gasteiger partial charge in [-0.2, -0.15) is 5.10 Å². The number of pyridine rings is 1. The van der Waals surface area contributed by atoms with E-state index in [1.54, 1.807) is 19.1 Å². The molecule has 0 saturated heterocycles. The molecule has 9 nitrogen and oxygen atoms in total. The van der Waals surface area contributed by atoms with Crippen LogP contribution in [-0.4, -0.2) is 46.2 Å². The number of nitrogens with one attached hydrogen (secondary N) is 2. The molecule has 2 heterocycles. The van der Waals surface area contributed by atoms with E-state index in [9.17, 15) is 22.4 Å². The van der Waals surface area contributed by atoms with E-state index in [1.165, 1.54) is 24.4 Å². The van der Waals surface area contributed by atoms with Crippen LogP contribution in [0.15, 0.2) is 48.7 Å². The number of aromatic carboxylic acids is 1. The fourth-order valence-corrected chi connectivity index (χ4v) is 4.62. The summed E-state index contributed by atoms with van der Waals surface area (Å²) in [6.07, 6.45) is 1.74. The van der Waals surface area contributed by atoms with E-state index in [4.69, 9.17) is 5.11 Å². The van der Waals surface area contributed by atoms with E-state index in [-0.39, 0.29) is 34.5 Å². The summed E-state index contributed by atoms with van der Waals surface area (Å²) in [5, 5.41) is 15.6. The van der Waals surface area contributed by atoms with Crippen molar-refractivity contribution in [1.82, 2.24) is 15.2 Å². The molecule has 0 aliphatic carbocycles. The van der Waals surface area contributed by atoms with Gasteiger partial charge in [0.15, 0.2) is 11.5 Å². The van der Waals surface area contributed by atoms with Gasteiger partial charge in [-0.3, -0.25) is 14.6 Å². The molecule has 2 aromatic carbocycles. The molecule has 0 atom stereocenters. The second kappa shape index (κ2) is 9.22. The Morgan fingerprint density at radius 1 is 1.09 bits per heavy atom. The summed E-state index contributed by atoms with van der Waals surface area (Å²) in [7, 11) is -3.89. The van der Waals surface area contributed by atoms with Crippen molar-refractivity contribution < 1.29 is 31.9 Å². The second-order valence-corrected chi connectivity index (χ2v) is 9.45. The molecule has 0 aliphatic rings. The van der Waals surface area contributed by atoms with Crippen LogP contribution < -0.4 is 4.72 Å². The van der Waals surface area contributed by atoms with Crippen LogP contribution in [0.4, 0.5) is 14.5 Å². The third-order valence-corrected chi connectivity index (χ3v) is 6.63. The van der Waals surface area contributed by atoms with E-state index in [0.29, 0.717) is 11.1 Å². The Morgan fingerprint density at radius 3 is 2.46 bits per heavy atom. The third kappa shape index (κ3) is 4.73. The summed E-state index contributed by atoms with van der Waals surface area (Å²) in [4.78, 5) is 28.4. The molecular formula is C23H18F2N4O5S. The van der Waals surface area contributed by atoms with Gasteiger partial charge in [-0.1, -0.05) is 19.1 Å². The summed E-state index contributed by atoms with van der Waals surface area (Å²) in [5.41, 5.74) is -0.475. The number of carboxylic acids is 1. The molecule has 0 aliphatic heterocycles. The Kier molecular flexibility index (Phi) is 6.31. The summed E-state index contributed by atoms with van der Waals surface area (Å²) >= 11 is 0. The minimum absolute atomic E-state index is 0.0855. The first-order valence-corrected chi connectivity index (χ1v) is 12.0. The van der Waals surface area contributed by atoms with E-state index in [2.05, 4.69) is 15.2 Å². The molecule has 0 amide bonds. The fourth-order valence-electron chi connectivity index (χ4n) is 3.48. The maximum atomic E-state index is 15.1. The molecule has 3 N–H and O–H groups in total. The minimum atomic E-state index is -3.89. The fraction of sp³-hybridized carbons (Fsp3) is 0.130. The molecule has 0 bridgehead atoms. The van der Waals surface area contributed by atoms with Crippen LogP contribution in [0.25, 0.3) is 22.2 Å². The monoisotopic (exact) mass is 500 g/mol. The number of carbonyl (C=O) groups is 2. The highest BCUT2D eigenvalue weighted by atomic mass is 32.2. The molecule has 0 unspecified atom stereocenters. The number of halogens is 2. The first-order chi connectivity index (χ1) is 16.6. The van der Waals surface area contributed by atoms with Crippen LogP contribution in [0, 0.1) is 11.6 Å². The number of anilines is 1. The van der Waals surface area contributed by atoms with Crippen molar-refractivity contribution in [2.45, 2.75) is 13.3 Å². The smallest absolute Gasteiger partial charge is 0.335 e. The number of aromatic amines is 1. The van der Waals surface area contributed by atoms with Crippen LogP contribution in [-0.2, 0) is 10.0 Å². The summed E-state index contributed by atoms with van der Waals surface area (Å²) in [6, 6.07) is 9.13. The van der Waals surface area contributed by atoms with Gasteiger partial charge >= 0.3 is 5.97 Å². The minimum Gasteiger partial charge on any atom is -0.478 e. The van der Waals surface area contributed by atoms with Gasteiger partial charge in [-0.25, -0.2) is 27.0 Å². The van der Waals surface area contributed by atoms with E-state index >= 15 is 4.39 Å². The summed E-state index contributed by atoms with van der Waals surface area (Å²) in [6.45, 7) is 1.63. The normalized spacial score (nSPS) is 11.5. The Morgan fingerprint density at radius 2 is 1.80 bits per heavy atom. The molecule has 12 heteroatoms. The lowest BCUT2D eigenvalue weighted by molar-refractivity contribution is 0.0696. The first kappa shape index (κ1) is 24.0. The number of carbonyl (C=O) groups excluding carboxylic acids is 1. The highest BCUT2D eigenvalue weighted by molar-refractivity contribution is 7.92. The van der Waals surface area contributed by atoms with Gasteiger partial charge in [-0.15, -0.1) is 0 Å². The number of rotatable bonds is 8. The maximum absolute atomic E-state index is 15.1. The van der Waals surface area contributed by atoms with Crippen molar-refractivity contribution in [3.05, 3.63) is 77.1 Å². The number of aromatic nitrogens is 3.